The van der Waals surface area contributed by atoms with Crippen molar-refractivity contribution in [1.82, 2.24) is 0 Å². The van der Waals surface area contributed by atoms with Gasteiger partial charge in [0.1, 0.15) is 5.75 Å². The molecule has 0 aliphatic carbocycles. The summed E-state index contributed by atoms with van der Waals surface area (Å²) in [5.41, 5.74) is 0.466. The Morgan fingerprint density at radius 3 is 2.24 bits per heavy atom. The first-order valence-corrected chi connectivity index (χ1v) is 12.5. The number of carbonyl (C=O) groups is 2. The zero-order valence-corrected chi connectivity index (χ0v) is 21.0. The van der Waals surface area contributed by atoms with E-state index in [2.05, 4.69) is 5.16 Å². The Kier molecular flexibility index (Phi) is 11.7. The number of cyclic esters (lactones) is 1. The molecule has 7 heteroatoms. The van der Waals surface area contributed by atoms with Crippen LogP contribution >= 0.6 is 11.6 Å². The molecule has 1 aromatic rings. The molecule has 1 aromatic carbocycles. The van der Waals surface area contributed by atoms with E-state index in [1.54, 1.807) is 32.0 Å². The number of rotatable bonds is 4. The second kappa shape index (κ2) is 14.2. The highest BCUT2D eigenvalue weighted by atomic mass is 35.5. The van der Waals surface area contributed by atoms with E-state index in [9.17, 15) is 9.59 Å². The lowest BCUT2D eigenvalue weighted by Gasteiger charge is -2.23. The number of benzene rings is 1. The average Bonchev–Trinajstić information content (AvgIpc) is 2.76. The summed E-state index contributed by atoms with van der Waals surface area (Å²) in [7, 11) is 0. The van der Waals surface area contributed by atoms with Gasteiger partial charge in [-0.25, -0.2) is 4.79 Å². The fraction of sp³-hybridized carbons (Fsp3) is 0.654. The van der Waals surface area contributed by atoms with Crippen LogP contribution in [0.15, 0.2) is 23.4 Å². The zero-order valence-electron chi connectivity index (χ0n) is 20.3. The Bertz CT molecular complexity index is 806. The van der Waals surface area contributed by atoms with Gasteiger partial charge < -0.3 is 14.3 Å². The highest BCUT2D eigenvalue weighted by Gasteiger charge is 2.33. The molecule has 1 fully saturated rings. The number of halogens is 1. The van der Waals surface area contributed by atoms with Crippen molar-refractivity contribution in [2.45, 2.75) is 103 Å². The van der Waals surface area contributed by atoms with E-state index in [0.717, 1.165) is 43.4 Å². The molecule has 1 saturated heterocycles. The summed E-state index contributed by atoms with van der Waals surface area (Å²) in [6, 6.07) is 5.24. The lowest BCUT2D eigenvalue weighted by molar-refractivity contribution is -0.159. The Hall–Kier alpha value is -2.08. The molecular formula is C26H38ClNO5. The molecule has 1 aliphatic heterocycles. The molecule has 0 radical (unpaired) electrons. The highest BCUT2D eigenvalue weighted by molar-refractivity contribution is 6.31. The van der Waals surface area contributed by atoms with Gasteiger partial charge in [-0.1, -0.05) is 55.3 Å². The van der Waals surface area contributed by atoms with Crippen LogP contribution in [0.2, 0.25) is 5.02 Å². The van der Waals surface area contributed by atoms with Crippen LogP contribution in [0.5, 0.6) is 5.75 Å². The van der Waals surface area contributed by atoms with Gasteiger partial charge >= 0.3 is 11.9 Å². The largest absolute Gasteiger partial charge is 0.476 e. The third-order valence-corrected chi connectivity index (χ3v) is 6.14. The monoisotopic (exact) mass is 479 g/mol. The van der Waals surface area contributed by atoms with E-state index < -0.39 is 11.6 Å². The molecule has 33 heavy (non-hydrogen) atoms. The Morgan fingerprint density at radius 1 is 0.970 bits per heavy atom. The number of hydrogen-bond acceptors (Lipinski definition) is 6. The van der Waals surface area contributed by atoms with Gasteiger partial charge in [0.15, 0.2) is 0 Å². The number of nitrogens with zero attached hydrogens (tertiary/aromatic N) is 1. The van der Waals surface area contributed by atoms with E-state index in [1.807, 2.05) is 6.92 Å². The topological polar surface area (TPSA) is 74.2 Å². The molecule has 0 aromatic heterocycles. The van der Waals surface area contributed by atoms with Gasteiger partial charge in [0.2, 0.25) is 5.60 Å². The molecular weight excluding hydrogens is 442 g/mol. The van der Waals surface area contributed by atoms with Crippen LogP contribution < -0.4 is 4.74 Å². The van der Waals surface area contributed by atoms with Gasteiger partial charge in [-0.3, -0.25) is 4.79 Å². The smallest absolute Gasteiger partial charge is 0.377 e. The second-order valence-electron chi connectivity index (χ2n) is 9.21. The van der Waals surface area contributed by atoms with Crippen LogP contribution in [0.3, 0.4) is 0 Å². The summed E-state index contributed by atoms with van der Waals surface area (Å²) in [4.78, 5) is 29.8. The molecule has 1 aliphatic rings. The predicted octanol–water partition coefficient (Wildman–Crippen LogP) is 6.94. The van der Waals surface area contributed by atoms with Gasteiger partial charge in [-0.2, -0.15) is 0 Å². The molecule has 0 saturated carbocycles. The van der Waals surface area contributed by atoms with Crippen LogP contribution in [0.1, 0.15) is 96.5 Å². The SMILES string of the molecule is Cc1cc(OC(C)(C)C(=O)ON=C2CCCCCCCCCCC(=O)OCCC2)ccc1Cl. The van der Waals surface area contributed by atoms with Crippen molar-refractivity contribution in [2.75, 3.05) is 6.61 Å². The summed E-state index contributed by atoms with van der Waals surface area (Å²) in [5, 5.41) is 4.81. The Morgan fingerprint density at radius 2 is 1.58 bits per heavy atom. The molecule has 0 N–H and O–H groups in total. The molecule has 0 bridgehead atoms. The predicted molar refractivity (Wildman–Crippen MR) is 131 cm³/mol. The fourth-order valence-corrected chi connectivity index (χ4v) is 3.76. The van der Waals surface area contributed by atoms with Crippen molar-refractivity contribution < 1.29 is 23.9 Å². The second-order valence-corrected chi connectivity index (χ2v) is 9.62. The maximum absolute atomic E-state index is 12.7. The molecule has 1 heterocycles. The van der Waals surface area contributed by atoms with Gasteiger partial charge in [0.25, 0.3) is 0 Å². The van der Waals surface area contributed by atoms with Gasteiger partial charge in [0, 0.05) is 11.4 Å². The van der Waals surface area contributed by atoms with Crippen molar-refractivity contribution in [2.24, 2.45) is 5.16 Å². The maximum atomic E-state index is 12.7. The summed E-state index contributed by atoms with van der Waals surface area (Å²) in [6.45, 7) is 5.53. The first-order chi connectivity index (χ1) is 15.8. The van der Waals surface area contributed by atoms with Gasteiger partial charge in [-0.05, 0) is 76.6 Å². The quantitative estimate of drug-likeness (QED) is 0.265. The normalized spacial score (nSPS) is 19.0. The van der Waals surface area contributed by atoms with E-state index in [0.29, 0.717) is 36.6 Å². The molecule has 184 valence electrons. The van der Waals surface area contributed by atoms with E-state index >= 15 is 0 Å². The minimum Gasteiger partial charge on any atom is -0.476 e. The summed E-state index contributed by atoms with van der Waals surface area (Å²) >= 11 is 6.06. The molecule has 0 amide bonds. The Balaban J connectivity index is 1.94. The average molecular weight is 480 g/mol. The van der Waals surface area contributed by atoms with Crippen molar-refractivity contribution >= 4 is 29.3 Å². The summed E-state index contributed by atoms with van der Waals surface area (Å²) in [5.74, 6) is -0.164. The molecule has 2 rings (SSSR count). The molecule has 0 spiro atoms. The summed E-state index contributed by atoms with van der Waals surface area (Å²) in [6.07, 6.45) is 11.4. The van der Waals surface area contributed by atoms with Crippen LogP contribution in [0.25, 0.3) is 0 Å². The standard InChI is InChI=1S/C26H38ClNO5/c1-20-19-22(16-17-23(20)27)32-26(2,3)25(30)33-28-21-13-10-8-6-4-5-7-9-11-15-24(29)31-18-12-14-21/h16-17,19H,4-15,18H2,1-3H3. The van der Waals surface area contributed by atoms with Crippen molar-refractivity contribution in [3.8, 4) is 5.75 Å². The lowest BCUT2D eigenvalue weighted by atomic mass is 10.0. The van der Waals surface area contributed by atoms with Crippen LogP contribution in [0, 0.1) is 6.92 Å². The number of carbonyl (C=O) groups excluding carboxylic acids is 2. The zero-order chi connectivity index (χ0) is 24.1. The van der Waals surface area contributed by atoms with E-state index in [-0.39, 0.29) is 5.97 Å². The van der Waals surface area contributed by atoms with Crippen molar-refractivity contribution in [3.63, 3.8) is 0 Å². The van der Waals surface area contributed by atoms with Gasteiger partial charge in [-0.15, -0.1) is 0 Å². The van der Waals surface area contributed by atoms with Crippen molar-refractivity contribution in [1.29, 1.82) is 0 Å². The number of ether oxygens (including phenoxy) is 2. The lowest BCUT2D eigenvalue weighted by Crippen LogP contribution is -2.39. The van der Waals surface area contributed by atoms with Crippen LogP contribution in [0.4, 0.5) is 0 Å². The minimum atomic E-state index is -1.21. The highest BCUT2D eigenvalue weighted by Crippen LogP contribution is 2.25. The Labute approximate surface area is 203 Å². The third kappa shape index (κ3) is 10.6. The van der Waals surface area contributed by atoms with Crippen LogP contribution in [-0.2, 0) is 19.2 Å². The third-order valence-electron chi connectivity index (χ3n) is 5.72. The van der Waals surface area contributed by atoms with Crippen molar-refractivity contribution in [3.05, 3.63) is 28.8 Å². The minimum absolute atomic E-state index is 0.136. The maximum Gasteiger partial charge on any atom is 0.377 e. The number of esters is 1. The van der Waals surface area contributed by atoms with Crippen LogP contribution in [-0.4, -0.2) is 29.9 Å². The molecule has 0 unspecified atom stereocenters. The number of oxime groups is 1. The van der Waals surface area contributed by atoms with E-state index in [1.165, 1.54) is 25.7 Å². The van der Waals surface area contributed by atoms with E-state index in [4.69, 9.17) is 25.9 Å². The fourth-order valence-electron chi connectivity index (χ4n) is 3.64. The number of hydrogen-bond donors (Lipinski definition) is 0. The molecule has 0 atom stereocenters. The first-order valence-electron chi connectivity index (χ1n) is 12.2. The number of aryl methyl sites for hydroxylation is 1. The summed E-state index contributed by atoms with van der Waals surface area (Å²) < 4.78 is 11.2. The first kappa shape index (κ1) is 27.2. The van der Waals surface area contributed by atoms with Gasteiger partial charge in [0.05, 0.1) is 12.3 Å². The molecule has 6 nitrogen and oxygen atoms in total.